The topological polar surface area (TPSA) is 112 Å². The number of nitrogens with zero attached hydrogens (tertiary/aromatic N) is 2. The molecule has 0 bridgehead atoms. The first-order valence-electron chi connectivity index (χ1n) is 9.97. The van der Waals surface area contributed by atoms with Crippen molar-refractivity contribution >= 4 is 27.7 Å². The van der Waals surface area contributed by atoms with E-state index in [-0.39, 0.29) is 37.6 Å². The van der Waals surface area contributed by atoms with Gasteiger partial charge in [-0.05, 0) is 33.3 Å². The summed E-state index contributed by atoms with van der Waals surface area (Å²) in [5.41, 5.74) is -6.17. The maximum absolute atomic E-state index is 12.9. The summed E-state index contributed by atoms with van der Waals surface area (Å²) in [7, 11) is -6.09. The Kier molecular flexibility index (Phi) is 10.2. The number of alkyl halides is 3. The molecule has 0 N–H and O–H groups in total. The first kappa shape index (κ1) is 27.5. The lowest BCUT2D eigenvalue weighted by atomic mass is 10.1. The van der Waals surface area contributed by atoms with Crippen LogP contribution in [0.4, 0.5) is 18.9 Å². The number of aromatic nitrogens is 1. The van der Waals surface area contributed by atoms with Crippen molar-refractivity contribution in [3.63, 3.8) is 0 Å². The summed E-state index contributed by atoms with van der Waals surface area (Å²) in [6.45, 7) is 6.83. The van der Waals surface area contributed by atoms with Crippen LogP contribution >= 0.6 is 0 Å². The summed E-state index contributed by atoms with van der Waals surface area (Å²) < 4.78 is 75.9. The second-order valence-corrected chi connectivity index (χ2v) is 8.10. The average Bonchev–Trinajstić information content (AvgIpc) is 2.66. The molecule has 182 valence electrons. The van der Waals surface area contributed by atoms with Gasteiger partial charge in [-0.25, -0.2) is 9.78 Å². The Morgan fingerprint density at radius 1 is 1.09 bits per heavy atom. The minimum absolute atomic E-state index is 0.0427. The lowest BCUT2D eigenvalue weighted by molar-refractivity contribution is -0.142. The fourth-order valence-corrected chi connectivity index (χ4v) is 3.07. The van der Waals surface area contributed by atoms with Crippen LogP contribution < -0.4 is 9.08 Å². The molecule has 0 saturated carbocycles. The first-order chi connectivity index (χ1) is 14.9. The molecule has 0 atom stereocenters. The minimum Gasteiger partial charge on any atom is -0.466 e. The van der Waals surface area contributed by atoms with Crippen LogP contribution in [0, 0.1) is 6.92 Å². The van der Waals surface area contributed by atoms with Crippen LogP contribution in [0.5, 0.6) is 5.88 Å². The lowest BCUT2D eigenvalue weighted by Gasteiger charge is -2.27. The van der Waals surface area contributed by atoms with E-state index in [0.29, 0.717) is 13.0 Å². The molecule has 0 amide bonds. The fraction of sp³-hybridized carbons (Fsp3) is 0.632. The molecule has 0 fully saturated rings. The summed E-state index contributed by atoms with van der Waals surface area (Å²) in [4.78, 5) is 29.7. The van der Waals surface area contributed by atoms with Gasteiger partial charge >= 0.3 is 27.6 Å². The maximum atomic E-state index is 12.9. The van der Waals surface area contributed by atoms with E-state index in [1.54, 1.807) is 11.8 Å². The van der Waals surface area contributed by atoms with E-state index in [1.807, 2.05) is 6.92 Å². The van der Waals surface area contributed by atoms with E-state index in [2.05, 4.69) is 9.17 Å². The Morgan fingerprint density at radius 3 is 2.25 bits per heavy atom. The zero-order valence-electron chi connectivity index (χ0n) is 18.3. The summed E-state index contributed by atoms with van der Waals surface area (Å²) in [6, 6.07) is 1.39. The van der Waals surface area contributed by atoms with E-state index < -0.39 is 39.0 Å². The number of halogens is 3. The lowest BCUT2D eigenvalue weighted by Crippen LogP contribution is -2.32. The molecule has 13 heteroatoms. The molecule has 0 aliphatic rings. The first-order valence-corrected chi connectivity index (χ1v) is 11.4. The number of pyridine rings is 1. The molecule has 0 saturated heterocycles. The van der Waals surface area contributed by atoms with Crippen LogP contribution in [0.1, 0.15) is 56.1 Å². The number of hydrogen-bond acceptors (Lipinski definition) is 9. The van der Waals surface area contributed by atoms with Crippen LogP contribution in [0.3, 0.4) is 0 Å². The van der Waals surface area contributed by atoms with E-state index >= 15 is 0 Å². The smallest absolute Gasteiger partial charge is 0.466 e. The van der Waals surface area contributed by atoms with E-state index in [1.165, 1.54) is 19.9 Å². The Bertz CT molecular complexity index is 905. The van der Waals surface area contributed by atoms with Crippen LogP contribution in [-0.2, 0) is 24.4 Å². The molecule has 0 radical (unpaired) electrons. The molecule has 0 aliphatic heterocycles. The van der Waals surface area contributed by atoms with Crippen LogP contribution in [0.15, 0.2) is 6.07 Å². The molecule has 1 heterocycles. The van der Waals surface area contributed by atoms with Gasteiger partial charge in [0.05, 0.1) is 25.3 Å². The fourth-order valence-electron chi connectivity index (χ4n) is 2.65. The molecular formula is C19H27F3N2O7S. The molecule has 1 aromatic heterocycles. The maximum Gasteiger partial charge on any atom is 0.534 e. The molecule has 9 nitrogen and oxygen atoms in total. The third-order valence-electron chi connectivity index (χ3n) is 4.06. The standard InChI is InChI=1S/C19H27F3N2O7S/c1-5-8-10-24(11-9-15(25)29-6-2)14-12-13(4)23-17(16(14)18(26)30-7-3)31-32(27,28)19(20,21)22/h12H,5-11H2,1-4H3. The molecule has 0 spiro atoms. The van der Waals surface area contributed by atoms with Gasteiger partial charge in [0.15, 0.2) is 0 Å². The largest absolute Gasteiger partial charge is 0.534 e. The second kappa shape index (κ2) is 11.9. The monoisotopic (exact) mass is 484 g/mol. The Labute approximate surface area is 185 Å². The van der Waals surface area contributed by atoms with Gasteiger partial charge in [0.2, 0.25) is 0 Å². The number of unbranched alkanes of at least 4 members (excludes halogenated alkanes) is 1. The number of carbonyl (C=O) groups excluding carboxylic acids is 2. The third kappa shape index (κ3) is 7.53. The number of anilines is 1. The van der Waals surface area contributed by atoms with Crippen LogP contribution in [0.25, 0.3) is 0 Å². The summed E-state index contributed by atoms with van der Waals surface area (Å²) in [5.74, 6) is -2.66. The van der Waals surface area contributed by atoms with E-state index in [0.717, 1.165) is 6.42 Å². The van der Waals surface area contributed by atoms with Gasteiger partial charge in [0.1, 0.15) is 5.56 Å². The summed E-state index contributed by atoms with van der Waals surface area (Å²) >= 11 is 0. The highest BCUT2D eigenvalue weighted by Gasteiger charge is 2.49. The zero-order chi connectivity index (χ0) is 24.5. The SMILES string of the molecule is CCCCN(CCC(=O)OCC)c1cc(C)nc(OS(=O)(=O)C(F)(F)F)c1C(=O)OCC. The van der Waals surface area contributed by atoms with E-state index in [9.17, 15) is 31.2 Å². The molecule has 32 heavy (non-hydrogen) atoms. The molecule has 0 unspecified atom stereocenters. The molecule has 1 aromatic rings. The minimum atomic E-state index is -6.09. The highest BCUT2D eigenvalue weighted by molar-refractivity contribution is 7.88. The Morgan fingerprint density at radius 2 is 1.72 bits per heavy atom. The number of ether oxygens (including phenoxy) is 2. The van der Waals surface area contributed by atoms with Crippen LogP contribution in [0.2, 0.25) is 0 Å². The molecule has 0 aliphatic carbocycles. The second-order valence-electron chi connectivity index (χ2n) is 6.56. The highest BCUT2D eigenvalue weighted by atomic mass is 32.2. The number of hydrogen-bond donors (Lipinski definition) is 0. The van der Waals surface area contributed by atoms with E-state index in [4.69, 9.17) is 9.47 Å². The predicted octanol–water partition coefficient (Wildman–Crippen LogP) is 3.35. The number of aryl methyl sites for hydroxylation is 1. The normalized spacial score (nSPS) is 11.7. The number of esters is 2. The van der Waals surface area contributed by atoms with Crippen molar-refractivity contribution in [1.82, 2.24) is 4.98 Å². The van der Waals surface area contributed by atoms with Crippen LogP contribution in [-0.4, -0.2) is 57.2 Å². The van der Waals surface area contributed by atoms with Crippen molar-refractivity contribution in [2.75, 3.05) is 31.2 Å². The number of rotatable bonds is 12. The van der Waals surface area contributed by atoms with Crippen molar-refractivity contribution in [3.05, 3.63) is 17.3 Å². The van der Waals surface area contributed by atoms with Crippen molar-refractivity contribution in [1.29, 1.82) is 0 Å². The van der Waals surface area contributed by atoms with Gasteiger partial charge in [-0.3, -0.25) is 4.79 Å². The molecule has 0 aromatic carbocycles. The molecular weight excluding hydrogens is 457 g/mol. The van der Waals surface area contributed by atoms with Crippen molar-refractivity contribution in [3.8, 4) is 5.88 Å². The third-order valence-corrected chi connectivity index (χ3v) is 5.00. The summed E-state index contributed by atoms with van der Waals surface area (Å²) in [6.07, 6.45) is 1.28. The van der Waals surface area contributed by atoms with Gasteiger partial charge < -0.3 is 18.6 Å². The van der Waals surface area contributed by atoms with Gasteiger partial charge in [0.25, 0.3) is 5.88 Å². The average molecular weight is 484 g/mol. The Balaban J connectivity index is 3.58. The molecule has 1 rings (SSSR count). The van der Waals surface area contributed by atoms with Crippen molar-refractivity contribution in [2.45, 2.75) is 52.5 Å². The predicted molar refractivity (Wildman–Crippen MR) is 109 cm³/mol. The van der Waals surface area contributed by atoms with Gasteiger partial charge in [0, 0.05) is 18.8 Å². The van der Waals surface area contributed by atoms with Gasteiger partial charge in [-0.15, -0.1) is 0 Å². The zero-order valence-corrected chi connectivity index (χ0v) is 19.1. The Hall–Kier alpha value is -2.57. The van der Waals surface area contributed by atoms with Crippen molar-refractivity contribution < 1.29 is 44.8 Å². The number of carbonyl (C=O) groups is 2. The van der Waals surface area contributed by atoms with Crippen molar-refractivity contribution in [2.24, 2.45) is 0 Å². The highest BCUT2D eigenvalue weighted by Crippen LogP contribution is 2.34. The quantitative estimate of drug-likeness (QED) is 0.250. The summed E-state index contributed by atoms with van der Waals surface area (Å²) in [5, 5.41) is 0. The van der Waals surface area contributed by atoms with Gasteiger partial charge in [-0.1, -0.05) is 13.3 Å². The van der Waals surface area contributed by atoms with Gasteiger partial charge in [-0.2, -0.15) is 21.6 Å².